The van der Waals surface area contributed by atoms with Crippen molar-refractivity contribution < 1.29 is 41.0 Å². The lowest BCUT2D eigenvalue weighted by Crippen LogP contribution is -2.41. The number of hydrogen-bond acceptors (Lipinski definition) is 3. The quantitative estimate of drug-likeness (QED) is 0.175. The van der Waals surface area contributed by atoms with Gasteiger partial charge in [0.05, 0.1) is 16.8 Å². The molecule has 0 aliphatic carbocycles. The summed E-state index contributed by atoms with van der Waals surface area (Å²) in [5.41, 5.74) is -2.53. The summed E-state index contributed by atoms with van der Waals surface area (Å²) in [4.78, 5) is 30.3. The summed E-state index contributed by atoms with van der Waals surface area (Å²) in [6.07, 6.45) is -8.93. The number of nitrogens with zero attached hydrogens (tertiary/aromatic N) is 1. The van der Waals surface area contributed by atoms with Crippen molar-refractivity contribution in [3.63, 3.8) is 0 Å². The van der Waals surface area contributed by atoms with E-state index < -0.39 is 46.9 Å². The lowest BCUT2D eigenvalue weighted by atomic mass is 9.99. The zero-order chi connectivity index (χ0) is 29.2. The van der Waals surface area contributed by atoms with Crippen LogP contribution in [0.4, 0.5) is 32.0 Å². The van der Waals surface area contributed by atoms with Gasteiger partial charge in [-0.1, -0.05) is 30.3 Å². The van der Waals surface area contributed by atoms with Crippen molar-refractivity contribution in [1.29, 1.82) is 0 Å². The van der Waals surface area contributed by atoms with Crippen molar-refractivity contribution in [1.82, 2.24) is 9.88 Å². The van der Waals surface area contributed by atoms with Gasteiger partial charge in [0.15, 0.2) is 0 Å². The molecule has 0 spiro atoms. The zero-order valence-corrected chi connectivity index (χ0v) is 20.9. The van der Waals surface area contributed by atoms with E-state index in [0.717, 1.165) is 15.8 Å². The fourth-order valence-electron chi connectivity index (χ4n) is 4.34. The highest BCUT2D eigenvalue weighted by Gasteiger charge is 2.38. The van der Waals surface area contributed by atoms with Gasteiger partial charge >= 0.3 is 12.4 Å². The standard InChI is InChI=1S/C28H23F6N3O3/c1-37(26(40)16-10-18(27(29,30)31)13-19(11-16)28(32,33)34)20(12-17-15-35-22-7-3-2-6-21(17)22)14-25(39)36-23-8-4-5-9-24(23)38/h2-11,13,15,20,35,38H,12,14H2,1H3,(H,36,39). The topological polar surface area (TPSA) is 85.4 Å². The van der Waals surface area contributed by atoms with Crippen LogP contribution in [0.2, 0.25) is 0 Å². The normalized spacial score (nSPS) is 12.8. The van der Waals surface area contributed by atoms with Crippen LogP contribution < -0.4 is 5.32 Å². The van der Waals surface area contributed by atoms with Gasteiger partial charge in [-0.25, -0.2) is 0 Å². The number of fused-ring (bicyclic) bond motifs is 1. The molecule has 1 heterocycles. The first-order chi connectivity index (χ1) is 18.7. The molecule has 1 atom stereocenters. The molecule has 0 aliphatic rings. The number of phenols is 1. The Morgan fingerprint density at radius 3 is 2.15 bits per heavy atom. The summed E-state index contributed by atoms with van der Waals surface area (Å²) in [5.74, 6) is -1.97. The molecule has 12 heteroatoms. The van der Waals surface area contributed by atoms with Crippen molar-refractivity contribution in [3.8, 4) is 5.75 Å². The maximum atomic E-state index is 13.4. The smallest absolute Gasteiger partial charge is 0.416 e. The first-order valence-corrected chi connectivity index (χ1v) is 11.9. The van der Waals surface area contributed by atoms with Crippen molar-refractivity contribution >= 4 is 28.4 Å². The number of halogens is 6. The molecule has 210 valence electrons. The number of phenolic OH excluding ortho intramolecular Hbond substituents is 1. The molecule has 0 bridgehead atoms. The molecule has 6 nitrogen and oxygen atoms in total. The van der Waals surface area contributed by atoms with E-state index in [9.17, 15) is 41.0 Å². The summed E-state index contributed by atoms with van der Waals surface area (Å²) in [6, 6.07) is 12.7. The molecule has 40 heavy (non-hydrogen) atoms. The number of aromatic nitrogens is 1. The van der Waals surface area contributed by atoms with Crippen molar-refractivity contribution in [2.45, 2.75) is 31.2 Å². The minimum Gasteiger partial charge on any atom is -0.506 e. The molecule has 3 N–H and O–H groups in total. The average Bonchev–Trinajstić information content (AvgIpc) is 3.30. The Labute approximate surface area is 224 Å². The van der Waals surface area contributed by atoms with Crippen LogP contribution in [0.15, 0.2) is 72.9 Å². The molecule has 4 aromatic rings. The lowest BCUT2D eigenvalue weighted by molar-refractivity contribution is -0.143. The Kier molecular flexibility index (Phi) is 7.81. The van der Waals surface area contributed by atoms with Crippen molar-refractivity contribution in [2.75, 3.05) is 12.4 Å². The number of H-pyrrole nitrogens is 1. The highest BCUT2D eigenvalue weighted by atomic mass is 19.4. The third-order valence-electron chi connectivity index (χ3n) is 6.43. The third kappa shape index (κ3) is 6.38. The van der Waals surface area contributed by atoms with E-state index in [1.54, 1.807) is 42.6 Å². The highest BCUT2D eigenvalue weighted by molar-refractivity contribution is 5.96. The van der Waals surface area contributed by atoms with E-state index in [1.807, 2.05) is 0 Å². The highest BCUT2D eigenvalue weighted by Crippen LogP contribution is 2.37. The van der Waals surface area contributed by atoms with Crippen LogP contribution in [0.25, 0.3) is 10.9 Å². The Hall–Kier alpha value is -4.48. The number of likely N-dealkylation sites (N-methyl/N-ethyl adjacent to an activating group) is 1. The van der Waals surface area contributed by atoms with Gasteiger partial charge in [-0.2, -0.15) is 26.3 Å². The summed E-state index contributed by atoms with van der Waals surface area (Å²) >= 11 is 0. The fraction of sp³-hybridized carbons (Fsp3) is 0.214. The number of alkyl halides is 6. The van der Waals surface area contributed by atoms with E-state index >= 15 is 0 Å². The second kappa shape index (κ2) is 10.9. The van der Waals surface area contributed by atoms with Gasteiger partial charge in [-0.15, -0.1) is 0 Å². The second-order valence-corrected chi connectivity index (χ2v) is 9.20. The molecule has 3 aromatic carbocycles. The molecule has 2 amide bonds. The van der Waals surface area contributed by atoms with E-state index in [0.29, 0.717) is 17.7 Å². The number of nitrogens with one attached hydrogen (secondary N) is 2. The van der Waals surface area contributed by atoms with Gasteiger partial charge in [-0.3, -0.25) is 9.59 Å². The van der Waals surface area contributed by atoms with Gasteiger partial charge in [-0.05, 0) is 48.4 Å². The Balaban J connectivity index is 1.69. The number of para-hydroxylation sites is 3. The number of aromatic amines is 1. The lowest BCUT2D eigenvalue weighted by Gasteiger charge is -2.28. The Morgan fingerprint density at radius 1 is 0.925 bits per heavy atom. The van der Waals surface area contributed by atoms with Gasteiger partial charge in [0.1, 0.15) is 5.75 Å². The number of hydrogen-bond donors (Lipinski definition) is 3. The first kappa shape index (κ1) is 28.5. The first-order valence-electron chi connectivity index (χ1n) is 11.9. The van der Waals surface area contributed by atoms with Crippen LogP contribution in [0.3, 0.4) is 0 Å². The second-order valence-electron chi connectivity index (χ2n) is 9.20. The molecular formula is C28H23F6N3O3. The predicted octanol–water partition coefficient (Wildman–Crippen LogP) is 6.62. The molecule has 0 fully saturated rings. The summed E-state index contributed by atoms with van der Waals surface area (Å²) in [7, 11) is 1.21. The minimum absolute atomic E-state index is 0.0472. The maximum Gasteiger partial charge on any atom is 0.416 e. The molecule has 0 radical (unpaired) electrons. The molecule has 4 rings (SSSR count). The van der Waals surface area contributed by atoms with Crippen LogP contribution in [-0.2, 0) is 23.6 Å². The van der Waals surface area contributed by atoms with Gasteiger partial charge in [0, 0.05) is 42.2 Å². The number of rotatable bonds is 7. The van der Waals surface area contributed by atoms with E-state index in [1.165, 1.54) is 19.2 Å². The predicted molar refractivity (Wildman–Crippen MR) is 136 cm³/mol. The minimum atomic E-state index is -5.13. The monoisotopic (exact) mass is 563 g/mol. The number of carbonyl (C=O) groups excluding carboxylic acids is 2. The van der Waals surface area contributed by atoms with Gasteiger partial charge in [0.25, 0.3) is 5.91 Å². The van der Waals surface area contributed by atoms with E-state index in [2.05, 4.69) is 10.3 Å². The Bertz CT molecular complexity index is 1510. The largest absolute Gasteiger partial charge is 0.506 e. The van der Waals surface area contributed by atoms with Crippen LogP contribution in [0.5, 0.6) is 5.75 Å². The number of amides is 2. The molecule has 0 aliphatic heterocycles. The van der Waals surface area contributed by atoms with Gasteiger partial charge in [0.2, 0.25) is 5.91 Å². The third-order valence-corrected chi connectivity index (χ3v) is 6.43. The molecular weight excluding hydrogens is 540 g/mol. The van der Waals surface area contributed by atoms with Crippen LogP contribution in [0, 0.1) is 0 Å². The van der Waals surface area contributed by atoms with Gasteiger partial charge < -0.3 is 20.3 Å². The summed E-state index contributed by atoms with van der Waals surface area (Å²) in [5, 5.41) is 13.3. The maximum absolute atomic E-state index is 13.4. The number of carbonyl (C=O) groups is 2. The molecule has 1 unspecified atom stereocenters. The zero-order valence-electron chi connectivity index (χ0n) is 20.9. The SMILES string of the molecule is CN(C(=O)c1cc(C(F)(F)F)cc(C(F)(F)F)c1)C(CC(=O)Nc1ccccc1O)Cc1c[nH]c2ccccc12. The average molecular weight is 563 g/mol. The molecule has 0 saturated heterocycles. The fourth-order valence-corrected chi connectivity index (χ4v) is 4.34. The van der Waals surface area contributed by atoms with Crippen molar-refractivity contribution in [3.05, 3.63) is 95.2 Å². The number of benzene rings is 3. The van der Waals surface area contributed by atoms with Crippen LogP contribution >= 0.6 is 0 Å². The van der Waals surface area contributed by atoms with Crippen LogP contribution in [0.1, 0.15) is 33.5 Å². The number of aromatic hydroxyl groups is 1. The molecule has 1 aromatic heterocycles. The van der Waals surface area contributed by atoms with Crippen molar-refractivity contribution in [2.24, 2.45) is 0 Å². The number of anilines is 1. The molecule has 0 saturated carbocycles. The van der Waals surface area contributed by atoms with E-state index in [4.69, 9.17) is 0 Å². The van der Waals surface area contributed by atoms with Crippen LogP contribution in [-0.4, -0.2) is 39.9 Å². The summed E-state index contributed by atoms with van der Waals surface area (Å²) in [6.45, 7) is 0. The Morgan fingerprint density at radius 2 is 1.52 bits per heavy atom. The summed E-state index contributed by atoms with van der Waals surface area (Å²) < 4.78 is 80.4. The van der Waals surface area contributed by atoms with E-state index in [-0.39, 0.29) is 30.3 Å².